The predicted octanol–water partition coefficient (Wildman–Crippen LogP) is 1.59. The maximum atomic E-state index is 10.5. The minimum Gasteiger partial charge on any atom is -0.385 e. The average molecular weight is 280 g/mol. The van der Waals surface area contributed by atoms with Gasteiger partial charge in [0.05, 0.1) is 6.10 Å². The molecule has 1 saturated heterocycles. The van der Waals surface area contributed by atoms with Crippen LogP contribution in [0.1, 0.15) is 38.9 Å². The number of nitrogens with one attached hydrogen (secondary N) is 2. The average Bonchev–Trinajstić information content (AvgIpc) is 2.76. The number of nitrogens with zero attached hydrogens (tertiary/aromatic N) is 2. The molecule has 1 aromatic heterocycles. The molecule has 6 heteroatoms. The Kier molecular flexibility index (Phi) is 4.45. The van der Waals surface area contributed by atoms with Gasteiger partial charge in [0.25, 0.3) is 0 Å². The molecule has 0 bridgehead atoms. The van der Waals surface area contributed by atoms with E-state index in [9.17, 15) is 5.11 Å². The molecule has 1 fully saturated rings. The fraction of sp³-hybridized carbons (Fsp3) is 0.714. The van der Waals surface area contributed by atoms with Gasteiger partial charge in [0.15, 0.2) is 0 Å². The Morgan fingerprint density at radius 2 is 2.15 bits per heavy atom. The summed E-state index contributed by atoms with van der Waals surface area (Å²) < 4.78 is 5.43. The van der Waals surface area contributed by atoms with Crippen LogP contribution in [0.5, 0.6) is 0 Å². The fourth-order valence-corrected chi connectivity index (χ4v) is 2.19. The smallest absolute Gasteiger partial charge is 0.135 e. The maximum Gasteiger partial charge on any atom is 0.135 e. The Labute approximate surface area is 120 Å². The van der Waals surface area contributed by atoms with Crippen LogP contribution in [0, 0.1) is 0 Å². The fourth-order valence-electron chi connectivity index (χ4n) is 2.19. The molecule has 0 aromatic carbocycles. The van der Waals surface area contributed by atoms with Crippen molar-refractivity contribution >= 4 is 11.6 Å². The van der Waals surface area contributed by atoms with Crippen LogP contribution in [-0.4, -0.2) is 47.0 Å². The predicted molar refractivity (Wildman–Crippen MR) is 79.1 cm³/mol. The van der Waals surface area contributed by atoms with Gasteiger partial charge in [-0.1, -0.05) is 13.8 Å². The van der Waals surface area contributed by atoms with Crippen molar-refractivity contribution in [3.05, 3.63) is 11.9 Å². The standard InChI is InChI=1S/C14H24N4O2/c1-9(2)13-17-11(15-4)7-12(18-13)16-8-14(19)5-6-20-10(14)3/h7,9-10,19H,5-6,8H2,1-4H3,(H2,15,16,17,18). The molecule has 0 radical (unpaired) electrons. The molecule has 6 nitrogen and oxygen atoms in total. The van der Waals surface area contributed by atoms with Crippen LogP contribution in [-0.2, 0) is 4.74 Å². The van der Waals surface area contributed by atoms with Crippen LogP contribution in [0.2, 0.25) is 0 Å². The van der Waals surface area contributed by atoms with E-state index in [1.54, 1.807) is 0 Å². The van der Waals surface area contributed by atoms with Gasteiger partial charge in [0, 0.05) is 38.6 Å². The summed E-state index contributed by atoms with van der Waals surface area (Å²) >= 11 is 0. The third-order valence-corrected chi connectivity index (χ3v) is 3.75. The van der Waals surface area contributed by atoms with Gasteiger partial charge in [0.2, 0.25) is 0 Å². The highest BCUT2D eigenvalue weighted by atomic mass is 16.5. The molecule has 2 rings (SSSR count). The molecule has 0 spiro atoms. The van der Waals surface area contributed by atoms with Crippen molar-refractivity contribution in [1.29, 1.82) is 0 Å². The quantitative estimate of drug-likeness (QED) is 0.760. The highest BCUT2D eigenvalue weighted by Crippen LogP contribution is 2.26. The summed E-state index contributed by atoms with van der Waals surface area (Å²) in [5.74, 6) is 2.53. The summed E-state index contributed by atoms with van der Waals surface area (Å²) in [5, 5.41) is 16.7. The molecule has 2 atom stereocenters. The lowest BCUT2D eigenvalue weighted by atomic mass is 9.97. The number of hydrogen-bond acceptors (Lipinski definition) is 6. The number of hydrogen-bond donors (Lipinski definition) is 3. The minimum atomic E-state index is -0.831. The molecule has 1 aromatic rings. The maximum absolute atomic E-state index is 10.5. The molecule has 2 heterocycles. The lowest BCUT2D eigenvalue weighted by Crippen LogP contribution is -2.43. The third-order valence-electron chi connectivity index (χ3n) is 3.75. The van der Waals surface area contributed by atoms with Crippen LogP contribution < -0.4 is 10.6 Å². The zero-order chi connectivity index (χ0) is 14.8. The second-order valence-electron chi connectivity index (χ2n) is 5.62. The van der Waals surface area contributed by atoms with E-state index < -0.39 is 5.60 Å². The molecule has 0 aliphatic carbocycles. The highest BCUT2D eigenvalue weighted by molar-refractivity contribution is 5.47. The zero-order valence-corrected chi connectivity index (χ0v) is 12.6. The van der Waals surface area contributed by atoms with E-state index in [0.717, 1.165) is 17.5 Å². The first-order chi connectivity index (χ1) is 9.44. The Bertz CT molecular complexity index is 466. The molecule has 112 valence electrons. The first-order valence-electron chi connectivity index (χ1n) is 7.09. The van der Waals surface area contributed by atoms with Crippen molar-refractivity contribution in [2.75, 3.05) is 30.8 Å². The van der Waals surface area contributed by atoms with E-state index >= 15 is 0 Å². The Hall–Kier alpha value is -1.40. The van der Waals surface area contributed by atoms with Gasteiger partial charge in [-0.15, -0.1) is 0 Å². The van der Waals surface area contributed by atoms with Crippen molar-refractivity contribution in [2.45, 2.75) is 44.8 Å². The van der Waals surface area contributed by atoms with Crippen LogP contribution in [0.25, 0.3) is 0 Å². The Morgan fingerprint density at radius 1 is 1.45 bits per heavy atom. The second kappa shape index (κ2) is 5.93. The van der Waals surface area contributed by atoms with E-state index in [1.165, 1.54) is 0 Å². The van der Waals surface area contributed by atoms with E-state index in [0.29, 0.717) is 19.6 Å². The van der Waals surface area contributed by atoms with Crippen molar-refractivity contribution < 1.29 is 9.84 Å². The van der Waals surface area contributed by atoms with Crippen molar-refractivity contribution in [2.24, 2.45) is 0 Å². The molecular formula is C14H24N4O2. The summed E-state index contributed by atoms with van der Waals surface area (Å²) in [6.45, 7) is 7.03. The van der Waals surface area contributed by atoms with Crippen molar-refractivity contribution in [1.82, 2.24) is 9.97 Å². The molecule has 2 unspecified atom stereocenters. The van der Waals surface area contributed by atoms with Gasteiger partial charge in [-0.3, -0.25) is 0 Å². The van der Waals surface area contributed by atoms with E-state index in [-0.39, 0.29) is 12.0 Å². The summed E-state index contributed by atoms with van der Waals surface area (Å²) in [5.41, 5.74) is -0.831. The summed E-state index contributed by atoms with van der Waals surface area (Å²) in [7, 11) is 1.83. The Balaban J connectivity index is 2.11. The van der Waals surface area contributed by atoms with Gasteiger partial charge in [-0.25, -0.2) is 9.97 Å². The van der Waals surface area contributed by atoms with E-state index in [4.69, 9.17) is 4.74 Å². The first kappa shape index (κ1) is 15.0. The summed E-state index contributed by atoms with van der Waals surface area (Å²) in [6, 6.07) is 1.84. The molecular weight excluding hydrogens is 256 g/mol. The SMILES string of the molecule is CNc1cc(NCC2(O)CCOC2C)nc(C(C)C)n1. The highest BCUT2D eigenvalue weighted by Gasteiger charge is 2.39. The summed E-state index contributed by atoms with van der Waals surface area (Å²) in [6.07, 6.45) is 0.479. The lowest BCUT2D eigenvalue weighted by molar-refractivity contribution is -0.0176. The third kappa shape index (κ3) is 3.19. The number of anilines is 2. The molecule has 1 aliphatic rings. The van der Waals surface area contributed by atoms with E-state index in [2.05, 4.69) is 34.4 Å². The second-order valence-corrected chi connectivity index (χ2v) is 5.62. The lowest BCUT2D eigenvalue weighted by Gasteiger charge is -2.26. The number of rotatable bonds is 5. The monoisotopic (exact) mass is 280 g/mol. The van der Waals surface area contributed by atoms with Crippen LogP contribution in [0.15, 0.2) is 6.07 Å². The van der Waals surface area contributed by atoms with Gasteiger partial charge in [-0.05, 0) is 6.92 Å². The van der Waals surface area contributed by atoms with Crippen LogP contribution in [0.3, 0.4) is 0 Å². The van der Waals surface area contributed by atoms with Crippen molar-refractivity contribution in [3.63, 3.8) is 0 Å². The number of ether oxygens (including phenoxy) is 1. The molecule has 3 N–H and O–H groups in total. The molecule has 0 saturated carbocycles. The zero-order valence-electron chi connectivity index (χ0n) is 12.6. The minimum absolute atomic E-state index is 0.162. The van der Waals surface area contributed by atoms with Gasteiger partial charge in [-0.2, -0.15) is 0 Å². The van der Waals surface area contributed by atoms with Crippen LogP contribution in [0.4, 0.5) is 11.6 Å². The van der Waals surface area contributed by atoms with Gasteiger partial charge >= 0.3 is 0 Å². The number of aliphatic hydroxyl groups is 1. The topological polar surface area (TPSA) is 79.3 Å². The van der Waals surface area contributed by atoms with Crippen molar-refractivity contribution in [3.8, 4) is 0 Å². The number of aromatic nitrogens is 2. The molecule has 0 amide bonds. The normalized spacial score (nSPS) is 26.0. The molecule has 20 heavy (non-hydrogen) atoms. The van der Waals surface area contributed by atoms with Gasteiger partial charge < -0.3 is 20.5 Å². The largest absolute Gasteiger partial charge is 0.385 e. The van der Waals surface area contributed by atoms with Crippen LogP contribution >= 0.6 is 0 Å². The summed E-state index contributed by atoms with van der Waals surface area (Å²) in [4.78, 5) is 8.90. The first-order valence-corrected chi connectivity index (χ1v) is 7.09. The molecule has 1 aliphatic heterocycles. The van der Waals surface area contributed by atoms with Gasteiger partial charge in [0.1, 0.15) is 23.1 Å². The van der Waals surface area contributed by atoms with E-state index in [1.807, 2.05) is 20.0 Å². The Morgan fingerprint density at radius 3 is 2.70 bits per heavy atom.